The monoisotopic (exact) mass is 388 g/mol. The molecular formula is C21H28N2O5. The Morgan fingerprint density at radius 3 is 2.61 bits per heavy atom. The molecule has 0 aliphatic heterocycles. The Balaban J connectivity index is 2.16. The second kappa shape index (κ2) is 10.4. The van der Waals surface area contributed by atoms with Gasteiger partial charge in [0.15, 0.2) is 5.76 Å². The lowest BCUT2D eigenvalue weighted by molar-refractivity contribution is -0.118. The normalized spacial score (nSPS) is 11.8. The number of methoxy groups -OCH3 is 1. The van der Waals surface area contributed by atoms with Crippen LogP contribution in [0.4, 0.5) is 5.69 Å². The van der Waals surface area contributed by atoms with E-state index in [2.05, 4.69) is 17.6 Å². The van der Waals surface area contributed by atoms with Gasteiger partial charge in [-0.15, -0.1) is 0 Å². The molecule has 152 valence electrons. The van der Waals surface area contributed by atoms with Crippen molar-refractivity contribution in [1.29, 1.82) is 0 Å². The summed E-state index contributed by atoms with van der Waals surface area (Å²) in [5.41, 5.74) is 0.498. The molecule has 2 amide bonds. The summed E-state index contributed by atoms with van der Waals surface area (Å²) >= 11 is 0. The molecule has 0 radical (unpaired) electrons. The molecule has 0 aliphatic carbocycles. The van der Waals surface area contributed by atoms with Gasteiger partial charge in [-0.05, 0) is 36.6 Å². The van der Waals surface area contributed by atoms with Gasteiger partial charge in [0.2, 0.25) is 5.91 Å². The van der Waals surface area contributed by atoms with Crippen molar-refractivity contribution in [3.8, 4) is 11.5 Å². The molecular weight excluding hydrogens is 360 g/mol. The predicted molar refractivity (Wildman–Crippen MR) is 107 cm³/mol. The van der Waals surface area contributed by atoms with Crippen LogP contribution in [0, 0.1) is 5.92 Å². The van der Waals surface area contributed by atoms with E-state index in [-0.39, 0.29) is 17.6 Å². The molecule has 1 atom stereocenters. The number of hydrogen-bond donors (Lipinski definition) is 2. The second-order valence-corrected chi connectivity index (χ2v) is 6.73. The summed E-state index contributed by atoms with van der Waals surface area (Å²) in [4.78, 5) is 25.2. The lowest BCUT2D eigenvalue weighted by Gasteiger charge is -2.22. The van der Waals surface area contributed by atoms with Gasteiger partial charge in [-0.3, -0.25) is 9.59 Å². The first-order valence-corrected chi connectivity index (χ1v) is 9.42. The van der Waals surface area contributed by atoms with Crippen molar-refractivity contribution >= 4 is 17.5 Å². The number of anilines is 1. The van der Waals surface area contributed by atoms with E-state index >= 15 is 0 Å². The first kappa shape index (κ1) is 21.3. The Hall–Kier alpha value is -2.96. The van der Waals surface area contributed by atoms with Crippen molar-refractivity contribution in [3.05, 3.63) is 42.4 Å². The van der Waals surface area contributed by atoms with Crippen LogP contribution in [0.1, 0.15) is 44.2 Å². The van der Waals surface area contributed by atoms with Crippen LogP contribution in [0.25, 0.3) is 0 Å². The van der Waals surface area contributed by atoms with E-state index in [1.165, 1.54) is 6.26 Å². The zero-order valence-electron chi connectivity index (χ0n) is 16.8. The van der Waals surface area contributed by atoms with E-state index < -0.39 is 11.9 Å². The van der Waals surface area contributed by atoms with E-state index in [0.717, 1.165) is 12.8 Å². The zero-order chi connectivity index (χ0) is 20.5. The highest BCUT2D eigenvalue weighted by Crippen LogP contribution is 2.30. The number of hydrogen-bond acceptors (Lipinski definition) is 5. The highest BCUT2D eigenvalue weighted by molar-refractivity contribution is 6.01. The maximum absolute atomic E-state index is 12.9. The minimum atomic E-state index is -0.743. The van der Waals surface area contributed by atoms with Crippen molar-refractivity contribution in [3.63, 3.8) is 0 Å². The van der Waals surface area contributed by atoms with Gasteiger partial charge in [0.1, 0.15) is 17.5 Å². The Kier molecular flexibility index (Phi) is 7.92. The molecule has 0 spiro atoms. The van der Waals surface area contributed by atoms with E-state index in [4.69, 9.17) is 13.9 Å². The summed E-state index contributed by atoms with van der Waals surface area (Å²) in [7, 11) is 1.55. The van der Waals surface area contributed by atoms with E-state index in [1.807, 2.05) is 13.8 Å². The van der Waals surface area contributed by atoms with Crippen LogP contribution < -0.4 is 20.1 Å². The van der Waals surface area contributed by atoms with E-state index in [1.54, 1.807) is 37.4 Å². The molecule has 2 N–H and O–H groups in total. The minimum absolute atomic E-state index is 0.131. The van der Waals surface area contributed by atoms with Gasteiger partial charge in [0.25, 0.3) is 5.91 Å². The number of unbranched alkanes of at least 4 members (excludes halogenated alkanes) is 1. The largest absolute Gasteiger partial charge is 0.497 e. The van der Waals surface area contributed by atoms with Crippen molar-refractivity contribution in [1.82, 2.24) is 5.32 Å². The Morgan fingerprint density at radius 2 is 2.00 bits per heavy atom. The third-order valence-electron chi connectivity index (χ3n) is 4.18. The van der Waals surface area contributed by atoms with Crippen LogP contribution in [0.3, 0.4) is 0 Å². The number of furan rings is 1. The van der Waals surface area contributed by atoms with Gasteiger partial charge >= 0.3 is 0 Å². The molecule has 2 rings (SSSR count). The third-order valence-corrected chi connectivity index (χ3v) is 4.18. The van der Waals surface area contributed by atoms with Gasteiger partial charge in [-0.25, -0.2) is 0 Å². The fourth-order valence-corrected chi connectivity index (χ4v) is 2.55. The summed E-state index contributed by atoms with van der Waals surface area (Å²) in [6.45, 7) is 6.34. The molecule has 28 heavy (non-hydrogen) atoms. The first-order valence-electron chi connectivity index (χ1n) is 9.42. The third kappa shape index (κ3) is 5.77. The van der Waals surface area contributed by atoms with Gasteiger partial charge in [-0.1, -0.05) is 27.2 Å². The SMILES string of the molecule is CCCCOc1ccc(OC)cc1NC(=O)C(NC(=O)c1ccco1)C(C)C. The quantitative estimate of drug-likeness (QED) is 0.603. The summed E-state index contributed by atoms with van der Waals surface area (Å²) in [5.74, 6) is 0.395. The summed E-state index contributed by atoms with van der Waals surface area (Å²) in [6, 6.07) is 7.66. The van der Waals surface area contributed by atoms with Crippen molar-refractivity contribution in [2.45, 2.75) is 39.7 Å². The Bertz CT molecular complexity index is 771. The highest BCUT2D eigenvalue weighted by atomic mass is 16.5. The average molecular weight is 388 g/mol. The fourth-order valence-electron chi connectivity index (χ4n) is 2.55. The predicted octanol–water partition coefficient (Wildman–Crippen LogP) is 3.86. The van der Waals surface area contributed by atoms with Gasteiger partial charge < -0.3 is 24.5 Å². The molecule has 1 unspecified atom stereocenters. The van der Waals surface area contributed by atoms with E-state index in [9.17, 15) is 9.59 Å². The number of carbonyl (C=O) groups is 2. The number of amides is 2. The van der Waals surface area contributed by atoms with Gasteiger partial charge in [0, 0.05) is 6.07 Å². The van der Waals surface area contributed by atoms with Crippen molar-refractivity contribution < 1.29 is 23.5 Å². The molecule has 2 aromatic rings. The molecule has 0 saturated heterocycles. The topological polar surface area (TPSA) is 89.8 Å². The molecule has 0 saturated carbocycles. The molecule has 1 heterocycles. The maximum atomic E-state index is 12.9. The average Bonchev–Trinajstić information content (AvgIpc) is 3.21. The highest BCUT2D eigenvalue weighted by Gasteiger charge is 2.26. The molecule has 7 heteroatoms. The number of benzene rings is 1. The summed E-state index contributed by atoms with van der Waals surface area (Å²) < 4.78 is 16.1. The van der Waals surface area contributed by atoms with Gasteiger partial charge in [-0.2, -0.15) is 0 Å². The fraction of sp³-hybridized carbons (Fsp3) is 0.429. The maximum Gasteiger partial charge on any atom is 0.287 e. The molecule has 0 fully saturated rings. The second-order valence-electron chi connectivity index (χ2n) is 6.73. The van der Waals surface area contributed by atoms with Crippen LogP contribution in [-0.2, 0) is 4.79 Å². The van der Waals surface area contributed by atoms with Crippen LogP contribution in [0.5, 0.6) is 11.5 Å². The molecule has 7 nitrogen and oxygen atoms in total. The summed E-state index contributed by atoms with van der Waals surface area (Å²) in [5, 5.41) is 5.58. The number of ether oxygens (including phenoxy) is 2. The van der Waals surface area contributed by atoms with Crippen LogP contribution in [-0.4, -0.2) is 31.6 Å². The van der Waals surface area contributed by atoms with Crippen LogP contribution in [0.2, 0.25) is 0 Å². The summed E-state index contributed by atoms with van der Waals surface area (Å²) in [6.07, 6.45) is 3.33. The van der Waals surface area contributed by atoms with E-state index in [0.29, 0.717) is 23.8 Å². The van der Waals surface area contributed by atoms with Crippen molar-refractivity contribution in [2.24, 2.45) is 5.92 Å². The Morgan fingerprint density at radius 1 is 1.21 bits per heavy atom. The number of rotatable bonds is 10. The number of carbonyl (C=O) groups excluding carboxylic acids is 2. The van der Waals surface area contributed by atoms with Crippen molar-refractivity contribution in [2.75, 3.05) is 19.0 Å². The Labute approximate surface area is 165 Å². The lowest BCUT2D eigenvalue weighted by Crippen LogP contribution is -2.47. The number of nitrogens with one attached hydrogen (secondary N) is 2. The molecule has 1 aromatic heterocycles. The van der Waals surface area contributed by atoms with Crippen LogP contribution in [0.15, 0.2) is 41.0 Å². The minimum Gasteiger partial charge on any atom is -0.497 e. The first-order chi connectivity index (χ1) is 13.5. The smallest absolute Gasteiger partial charge is 0.287 e. The van der Waals surface area contributed by atoms with Gasteiger partial charge in [0.05, 0.1) is 25.7 Å². The molecule has 0 bridgehead atoms. The lowest BCUT2D eigenvalue weighted by atomic mass is 10.0. The van der Waals surface area contributed by atoms with Crippen LogP contribution >= 0.6 is 0 Å². The molecule has 1 aromatic carbocycles. The standard InChI is InChI=1S/C21H28N2O5/c1-5-6-11-27-17-10-9-15(26-4)13-16(17)22-21(25)19(14(2)3)23-20(24)18-8-7-12-28-18/h7-10,12-14,19H,5-6,11H2,1-4H3,(H,22,25)(H,23,24). The molecule has 0 aliphatic rings. The zero-order valence-corrected chi connectivity index (χ0v) is 16.8.